The second-order valence-corrected chi connectivity index (χ2v) is 9.12. The van der Waals surface area contributed by atoms with Crippen LogP contribution in [0, 0.1) is 0 Å². The van der Waals surface area contributed by atoms with Crippen LogP contribution in [0.5, 0.6) is 0 Å². The van der Waals surface area contributed by atoms with Gasteiger partial charge in [0.1, 0.15) is 0 Å². The van der Waals surface area contributed by atoms with Gasteiger partial charge in [-0.15, -0.1) is 0 Å². The van der Waals surface area contributed by atoms with Gasteiger partial charge in [-0.3, -0.25) is 4.79 Å². The summed E-state index contributed by atoms with van der Waals surface area (Å²) >= 11 is 0. The molecule has 2 fully saturated rings. The number of piperidine rings is 1. The molecule has 2 saturated heterocycles. The average Bonchev–Trinajstić information content (AvgIpc) is 2.81. The number of pyridine rings is 1. The fourth-order valence-electron chi connectivity index (χ4n) is 4.57. The molecule has 0 saturated carbocycles. The van der Waals surface area contributed by atoms with Gasteiger partial charge in [0.05, 0.1) is 6.10 Å². The van der Waals surface area contributed by atoms with Gasteiger partial charge in [-0.2, -0.15) is 0 Å². The molecule has 2 aliphatic heterocycles. The Kier molecular flexibility index (Phi) is 7.68. The highest BCUT2D eigenvalue weighted by Crippen LogP contribution is 2.24. The normalized spacial score (nSPS) is 21.1. The SMILES string of the molecule is CC\C=C/C=C\C(=C\c1cc2ccc(N3CCCC(O)C3)cc2c(=O)[nH]1)N1CCN(C)CC1. The van der Waals surface area contributed by atoms with E-state index in [1.807, 2.05) is 12.1 Å². The number of hydrogen-bond acceptors (Lipinski definition) is 5. The third kappa shape index (κ3) is 5.95. The van der Waals surface area contributed by atoms with E-state index >= 15 is 0 Å². The van der Waals surface area contributed by atoms with Gasteiger partial charge >= 0.3 is 0 Å². The molecule has 0 radical (unpaired) electrons. The van der Waals surface area contributed by atoms with Crippen LogP contribution in [-0.2, 0) is 0 Å². The molecular weight excluding hydrogens is 412 g/mol. The van der Waals surface area contributed by atoms with Gasteiger partial charge in [0.15, 0.2) is 0 Å². The molecule has 1 aromatic carbocycles. The summed E-state index contributed by atoms with van der Waals surface area (Å²) in [7, 11) is 2.15. The molecule has 0 aliphatic carbocycles. The van der Waals surface area contributed by atoms with Crippen LogP contribution in [0.15, 0.2) is 59.1 Å². The number of hydrogen-bond donors (Lipinski definition) is 2. The monoisotopic (exact) mass is 448 g/mol. The maximum Gasteiger partial charge on any atom is 0.256 e. The highest BCUT2D eigenvalue weighted by molar-refractivity contribution is 5.86. The first-order valence-corrected chi connectivity index (χ1v) is 12.1. The maximum atomic E-state index is 13.0. The van der Waals surface area contributed by atoms with E-state index in [2.05, 4.69) is 76.2 Å². The van der Waals surface area contributed by atoms with Crippen molar-refractivity contribution in [2.24, 2.45) is 0 Å². The second-order valence-electron chi connectivity index (χ2n) is 9.12. The fourth-order valence-corrected chi connectivity index (χ4v) is 4.57. The van der Waals surface area contributed by atoms with Crippen LogP contribution in [-0.4, -0.2) is 72.3 Å². The van der Waals surface area contributed by atoms with E-state index in [-0.39, 0.29) is 11.7 Å². The van der Waals surface area contributed by atoms with Crippen LogP contribution in [0.4, 0.5) is 5.69 Å². The lowest BCUT2D eigenvalue weighted by atomic mass is 10.1. The molecule has 1 atom stereocenters. The van der Waals surface area contributed by atoms with Crippen LogP contribution >= 0.6 is 0 Å². The number of anilines is 1. The Balaban J connectivity index is 1.64. The molecular formula is C27H36N4O2. The zero-order valence-electron chi connectivity index (χ0n) is 19.8. The minimum Gasteiger partial charge on any atom is -0.391 e. The number of likely N-dealkylation sites (N-methyl/N-ethyl adjacent to an activating group) is 1. The number of benzene rings is 1. The molecule has 2 aliphatic rings. The van der Waals surface area contributed by atoms with Crippen molar-refractivity contribution in [2.45, 2.75) is 32.3 Å². The van der Waals surface area contributed by atoms with Crippen LogP contribution in [0.1, 0.15) is 31.9 Å². The highest BCUT2D eigenvalue weighted by Gasteiger charge is 2.19. The van der Waals surface area contributed by atoms with E-state index in [0.29, 0.717) is 11.9 Å². The Bertz CT molecular complexity index is 1090. The van der Waals surface area contributed by atoms with Crippen LogP contribution in [0.2, 0.25) is 0 Å². The molecule has 1 aromatic heterocycles. The number of nitrogens with one attached hydrogen (secondary N) is 1. The van der Waals surface area contributed by atoms with Gasteiger partial charge < -0.3 is 24.8 Å². The van der Waals surface area contributed by atoms with E-state index < -0.39 is 0 Å². The quantitative estimate of drug-likeness (QED) is 0.661. The van der Waals surface area contributed by atoms with Gasteiger partial charge in [0.25, 0.3) is 5.56 Å². The molecule has 2 N–H and O–H groups in total. The van der Waals surface area contributed by atoms with Gasteiger partial charge in [-0.05, 0) is 62.0 Å². The first-order valence-electron chi connectivity index (χ1n) is 12.1. The maximum absolute atomic E-state index is 13.0. The Labute approximate surface area is 196 Å². The molecule has 2 aromatic rings. The number of rotatable bonds is 6. The Morgan fingerprint density at radius 1 is 1.15 bits per heavy atom. The number of aliphatic hydroxyl groups is 1. The molecule has 1 unspecified atom stereocenters. The molecule has 4 rings (SSSR count). The Morgan fingerprint density at radius 3 is 2.73 bits per heavy atom. The highest BCUT2D eigenvalue weighted by atomic mass is 16.3. The van der Waals surface area contributed by atoms with Crippen molar-refractivity contribution in [1.82, 2.24) is 14.8 Å². The standard InChI is InChI=1S/C27H36N4O2/c1-3-4-5-6-8-23(30-15-13-29(2)14-16-30)18-22-17-21-10-11-24(19-26(21)27(33)28-22)31-12-7-9-25(32)20-31/h4-6,8,10-11,17-19,25,32H,3,7,9,12-16,20H2,1-2H3,(H,28,33)/b5-4-,8-6-,23-18-. The predicted octanol–water partition coefficient (Wildman–Crippen LogP) is 3.60. The summed E-state index contributed by atoms with van der Waals surface area (Å²) in [5.41, 5.74) is 2.84. The molecule has 6 heteroatoms. The summed E-state index contributed by atoms with van der Waals surface area (Å²) in [6.07, 6.45) is 13.0. The summed E-state index contributed by atoms with van der Waals surface area (Å²) in [6, 6.07) is 8.09. The van der Waals surface area contributed by atoms with E-state index in [9.17, 15) is 9.90 Å². The van der Waals surface area contributed by atoms with Crippen molar-refractivity contribution in [1.29, 1.82) is 0 Å². The largest absolute Gasteiger partial charge is 0.391 e. The van der Waals surface area contributed by atoms with E-state index in [4.69, 9.17) is 0 Å². The number of aromatic nitrogens is 1. The number of aromatic amines is 1. The number of fused-ring (bicyclic) bond motifs is 1. The van der Waals surface area contributed by atoms with Crippen molar-refractivity contribution in [3.8, 4) is 0 Å². The van der Waals surface area contributed by atoms with Gasteiger partial charge in [0, 0.05) is 61.7 Å². The van der Waals surface area contributed by atoms with Crippen LogP contribution in [0.25, 0.3) is 16.8 Å². The van der Waals surface area contributed by atoms with Gasteiger partial charge in [-0.25, -0.2) is 0 Å². The van der Waals surface area contributed by atoms with E-state index in [0.717, 1.165) is 74.5 Å². The molecule has 33 heavy (non-hydrogen) atoms. The van der Waals surface area contributed by atoms with Crippen molar-refractivity contribution < 1.29 is 5.11 Å². The number of allylic oxidation sites excluding steroid dienone is 4. The minimum absolute atomic E-state index is 0.0780. The van der Waals surface area contributed by atoms with E-state index in [1.54, 1.807) is 0 Å². The number of β-amino-alcohol motifs (C(OH)–C–C–N with tert-alkyl or cyclic N) is 1. The lowest BCUT2D eigenvalue weighted by molar-refractivity contribution is 0.154. The lowest BCUT2D eigenvalue weighted by Gasteiger charge is -2.34. The number of piperazine rings is 1. The molecule has 0 bridgehead atoms. The average molecular weight is 449 g/mol. The van der Waals surface area contributed by atoms with Gasteiger partial charge in [-0.1, -0.05) is 31.2 Å². The molecule has 0 amide bonds. The summed E-state index contributed by atoms with van der Waals surface area (Å²) in [4.78, 5) is 23.0. The van der Waals surface area contributed by atoms with Crippen molar-refractivity contribution in [3.05, 3.63) is 70.3 Å². The fraction of sp³-hybridized carbons (Fsp3) is 0.444. The summed E-state index contributed by atoms with van der Waals surface area (Å²) in [5, 5.41) is 11.6. The zero-order chi connectivity index (χ0) is 23.2. The lowest BCUT2D eigenvalue weighted by Crippen LogP contribution is -2.43. The zero-order valence-corrected chi connectivity index (χ0v) is 19.8. The van der Waals surface area contributed by atoms with Crippen molar-refractivity contribution >= 4 is 22.5 Å². The third-order valence-electron chi connectivity index (χ3n) is 6.53. The van der Waals surface area contributed by atoms with Gasteiger partial charge in [0.2, 0.25) is 0 Å². The smallest absolute Gasteiger partial charge is 0.256 e. The summed E-state index contributed by atoms with van der Waals surface area (Å²) < 4.78 is 0. The Hall–Kier alpha value is -2.83. The molecule has 6 nitrogen and oxygen atoms in total. The summed E-state index contributed by atoms with van der Waals surface area (Å²) in [6.45, 7) is 7.64. The molecule has 176 valence electrons. The number of H-pyrrole nitrogens is 1. The van der Waals surface area contributed by atoms with E-state index in [1.165, 1.54) is 0 Å². The van der Waals surface area contributed by atoms with Crippen molar-refractivity contribution in [3.63, 3.8) is 0 Å². The topological polar surface area (TPSA) is 62.8 Å². The minimum atomic E-state index is -0.298. The first-order chi connectivity index (χ1) is 16.0. The van der Waals surface area contributed by atoms with Crippen molar-refractivity contribution in [2.75, 3.05) is 51.2 Å². The van der Waals surface area contributed by atoms with Crippen LogP contribution < -0.4 is 10.5 Å². The Morgan fingerprint density at radius 2 is 1.97 bits per heavy atom. The molecule has 3 heterocycles. The summed E-state index contributed by atoms with van der Waals surface area (Å²) in [5.74, 6) is 0. The first kappa shape index (κ1) is 23.3. The number of aliphatic hydroxyl groups excluding tert-OH is 1. The number of nitrogens with zero attached hydrogens (tertiary/aromatic N) is 3. The second kappa shape index (κ2) is 10.9. The van der Waals surface area contributed by atoms with Crippen LogP contribution in [0.3, 0.4) is 0 Å². The third-order valence-corrected chi connectivity index (χ3v) is 6.53. The predicted molar refractivity (Wildman–Crippen MR) is 138 cm³/mol. The molecule has 0 spiro atoms.